The minimum atomic E-state index is -3.80. The summed E-state index contributed by atoms with van der Waals surface area (Å²) < 4.78 is 32.5. The Bertz CT molecular complexity index is 776. The van der Waals surface area contributed by atoms with E-state index in [-0.39, 0.29) is 10.6 Å². The monoisotopic (exact) mass is 326 g/mol. The maximum atomic E-state index is 12.5. The summed E-state index contributed by atoms with van der Waals surface area (Å²) in [6, 6.07) is 9.36. The summed E-state index contributed by atoms with van der Waals surface area (Å²) in [5.74, 6) is 0.177. The molecule has 0 unspecified atom stereocenters. The lowest BCUT2D eigenvalue weighted by atomic mass is 10.2. The average molecular weight is 327 g/mol. The molecule has 5 nitrogen and oxygen atoms in total. The highest BCUT2D eigenvalue weighted by Gasteiger charge is 2.20. The molecule has 0 aliphatic carbocycles. The second kappa shape index (κ2) is 5.83. The lowest BCUT2D eigenvalue weighted by molar-refractivity contribution is 0.403. The van der Waals surface area contributed by atoms with Gasteiger partial charge in [-0.15, -0.1) is 0 Å². The van der Waals surface area contributed by atoms with Crippen LogP contribution in [0.4, 0.5) is 11.4 Å². The predicted molar refractivity (Wildman–Crippen MR) is 84.4 cm³/mol. The molecular formula is C14H15ClN2O3S. The van der Waals surface area contributed by atoms with Gasteiger partial charge in [0.05, 0.1) is 12.8 Å². The fraction of sp³-hybridized carbons (Fsp3) is 0.143. The number of nitrogen functional groups attached to an aromatic ring is 1. The first kappa shape index (κ1) is 15.5. The fourth-order valence-electron chi connectivity index (χ4n) is 1.83. The molecule has 21 heavy (non-hydrogen) atoms. The van der Waals surface area contributed by atoms with E-state index >= 15 is 0 Å². The van der Waals surface area contributed by atoms with E-state index in [1.165, 1.54) is 25.3 Å². The van der Waals surface area contributed by atoms with Crippen LogP contribution >= 0.6 is 11.6 Å². The summed E-state index contributed by atoms with van der Waals surface area (Å²) in [6.45, 7) is 1.74. The van der Waals surface area contributed by atoms with Gasteiger partial charge in [0.2, 0.25) is 0 Å². The molecule has 0 atom stereocenters. The number of anilines is 2. The highest BCUT2D eigenvalue weighted by atomic mass is 35.5. The minimum Gasteiger partial charge on any atom is -0.495 e. The normalized spacial score (nSPS) is 11.2. The van der Waals surface area contributed by atoms with Crippen LogP contribution < -0.4 is 15.2 Å². The van der Waals surface area contributed by atoms with E-state index in [0.717, 1.165) is 0 Å². The molecule has 2 aromatic rings. The van der Waals surface area contributed by atoms with Gasteiger partial charge in [-0.05, 0) is 36.8 Å². The third kappa shape index (κ3) is 3.22. The van der Waals surface area contributed by atoms with Gasteiger partial charge >= 0.3 is 0 Å². The van der Waals surface area contributed by atoms with Crippen molar-refractivity contribution in [3.05, 3.63) is 47.0 Å². The molecule has 0 saturated carbocycles. The van der Waals surface area contributed by atoms with Gasteiger partial charge in [-0.1, -0.05) is 17.7 Å². The second-order valence-corrected chi connectivity index (χ2v) is 6.51. The average Bonchev–Trinajstić information content (AvgIpc) is 2.43. The topological polar surface area (TPSA) is 81.4 Å². The Morgan fingerprint density at radius 3 is 2.62 bits per heavy atom. The third-order valence-corrected chi connectivity index (χ3v) is 4.68. The molecule has 112 valence electrons. The zero-order chi connectivity index (χ0) is 15.6. The number of nitrogens with one attached hydrogen (secondary N) is 1. The first-order valence-electron chi connectivity index (χ1n) is 6.06. The highest BCUT2D eigenvalue weighted by molar-refractivity contribution is 7.92. The maximum Gasteiger partial charge on any atom is 0.265 e. The number of benzene rings is 2. The number of rotatable bonds is 4. The largest absolute Gasteiger partial charge is 0.495 e. The Morgan fingerprint density at radius 1 is 1.24 bits per heavy atom. The summed E-state index contributed by atoms with van der Waals surface area (Å²) >= 11 is 5.84. The van der Waals surface area contributed by atoms with Crippen LogP contribution in [-0.4, -0.2) is 15.5 Å². The number of hydrogen-bond acceptors (Lipinski definition) is 4. The van der Waals surface area contributed by atoms with Gasteiger partial charge in [0.15, 0.2) is 0 Å². The Hall–Kier alpha value is -1.92. The van der Waals surface area contributed by atoms with Crippen molar-refractivity contribution in [2.24, 2.45) is 0 Å². The number of ether oxygens (including phenoxy) is 1. The van der Waals surface area contributed by atoms with Crippen molar-refractivity contribution < 1.29 is 13.2 Å². The van der Waals surface area contributed by atoms with Crippen molar-refractivity contribution in [2.45, 2.75) is 11.8 Å². The van der Waals surface area contributed by atoms with Crippen LogP contribution in [0.3, 0.4) is 0 Å². The molecule has 0 heterocycles. The van der Waals surface area contributed by atoms with Crippen LogP contribution in [0.5, 0.6) is 5.75 Å². The summed E-state index contributed by atoms with van der Waals surface area (Å²) in [5.41, 5.74) is 7.37. The Labute approximate surface area is 128 Å². The molecule has 0 spiro atoms. The summed E-state index contributed by atoms with van der Waals surface area (Å²) in [7, 11) is -2.42. The van der Waals surface area contributed by atoms with Crippen molar-refractivity contribution in [1.29, 1.82) is 0 Å². The first-order valence-corrected chi connectivity index (χ1v) is 7.92. The van der Waals surface area contributed by atoms with Crippen molar-refractivity contribution in [2.75, 3.05) is 17.6 Å². The molecule has 0 radical (unpaired) electrons. The fourth-order valence-corrected chi connectivity index (χ4v) is 3.26. The van der Waals surface area contributed by atoms with Crippen LogP contribution in [0.25, 0.3) is 0 Å². The van der Waals surface area contributed by atoms with Gasteiger partial charge in [-0.25, -0.2) is 8.42 Å². The molecule has 2 aromatic carbocycles. The van der Waals surface area contributed by atoms with Crippen LogP contribution in [0.15, 0.2) is 41.3 Å². The lowest BCUT2D eigenvalue weighted by Crippen LogP contribution is -2.15. The predicted octanol–water partition coefficient (Wildman–Crippen LogP) is 3.04. The lowest BCUT2D eigenvalue weighted by Gasteiger charge is -2.14. The van der Waals surface area contributed by atoms with Gasteiger partial charge in [-0.3, -0.25) is 4.72 Å². The molecule has 7 heteroatoms. The maximum absolute atomic E-state index is 12.5. The summed E-state index contributed by atoms with van der Waals surface area (Å²) in [4.78, 5) is 0.0104. The summed E-state index contributed by atoms with van der Waals surface area (Å²) in [5, 5.41) is 0.394. The van der Waals surface area contributed by atoms with Gasteiger partial charge in [-0.2, -0.15) is 0 Å². The van der Waals surface area contributed by atoms with Crippen molar-refractivity contribution >= 4 is 33.0 Å². The van der Waals surface area contributed by atoms with E-state index in [2.05, 4.69) is 4.72 Å². The van der Waals surface area contributed by atoms with E-state index in [1.807, 2.05) is 0 Å². The molecule has 2 rings (SSSR count). The molecule has 0 amide bonds. The van der Waals surface area contributed by atoms with E-state index in [4.69, 9.17) is 22.1 Å². The zero-order valence-electron chi connectivity index (χ0n) is 11.6. The van der Waals surface area contributed by atoms with Crippen molar-refractivity contribution in [3.8, 4) is 5.75 Å². The molecule has 3 N–H and O–H groups in total. The van der Waals surface area contributed by atoms with E-state index in [0.29, 0.717) is 22.0 Å². The Kier molecular flexibility index (Phi) is 4.29. The molecule has 0 fully saturated rings. The minimum absolute atomic E-state index is 0.0104. The number of methoxy groups -OCH3 is 1. The zero-order valence-corrected chi connectivity index (χ0v) is 13.1. The Morgan fingerprint density at radius 2 is 1.95 bits per heavy atom. The van der Waals surface area contributed by atoms with Crippen molar-refractivity contribution in [3.63, 3.8) is 0 Å². The highest BCUT2D eigenvalue weighted by Crippen LogP contribution is 2.30. The molecular weight excluding hydrogens is 312 g/mol. The third-order valence-electron chi connectivity index (χ3n) is 3.04. The standard InChI is InChI=1S/C14H15ClN2O3S/c1-9-11(16)4-3-5-12(9)17-21(18,19)14-7-6-10(15)8-13(14)20-2/h3-8,17H,16H2,1-2H3. The van der Waals surface area contributed by atoms with Gasteiger partial charge in [0, 0.05) is 16.8 Å². The Balaban J connectivity index is 2.46. The van der Waals surface area contributed by atoms with Crippen LogP contribution in [0.2, 0.25) is 5.02 Å². The quantitative estimate of drug-likeness (QED) is 0.846. The van der Waals surface area contributed by atoms with Gasteiger partial charge < -0.3 is 10.5 Å². The number of hydrogen-bond donors (Lipinski definition) is 2. The van der Waals surface area contributed by atoms with Gasteiger partial charge in [0.1, 0.15) is 10.6 Å². The van der Waals surface area contributed by atoms with Crippen LogP contribution in [0.1, 0.15) is 5.56 Å². The van der Waals surface area contributed by atoms with E-state index < -0.39 is 10.0 Å². The molecule has 0 saturated heterocycles. The van der Waals surface area contributed by atoms with Crippen molar-refractivity contribution in [1.82, 2.24) is 0 Å². The molecule has 0 aromatic heterocycles. The smallest absolute Gasteiger partial charge is 0.265 e. The number of nitrogens with two attached hydrogens (primary N) is 1. The SMILES string of the molecule is COc1cc(Cl)ccc1S(=O)(=O)Nc1cccc(N)c1C. The molecule has 0 aliphatic rings. The van der Waals surface area contributed by atoms with Crippen LogP contribution in [-0.2, 0) is 10.0 Å². The van der Waals surface area contributed by atoms with Crippen LogP contribution in [0, 0.1) is 6.92 Å². The molecule has 0 bridgehead atoms. The number of sulfonamides is 1. The van der Waals surface area contributed by atoms with Gasteiger partial charge in [0.25, 0.3) is 10.0 Å². The first-order chi connectivity index (χ1) is 9.85. The van der Waals surface area contributed by atoms with E-state index in [1.54, 1.807) is 25.1 Å². The second-order valence-electron chi connectivity index (χ2n) is 4.42. The van der Waals surface area contributed by atoms with E-state index in [9.17, 15) is 8.42 Å². The molecule has 0 aliphatic heterocycles. The number of halogens is 1. The summed E-state index contributed by atoms with van der Waals surface area (Å²) in [6.07, 6.45) is 0.